The van der Waals surface area contributed by atoms with Crippen molar-refractivity contribution in [2.24, 2.45) is 5.73 Å². The summed E-state index contributed by atoms with van der Waals surface area (Å²) in [4.78, 5) is 15.5. The van der Waals surface area contributed by atoms with Crippen LogP contribution >= 0.6 is 0 Å². The molecule has 4 nitrogen and oxygen atoms in total. The third-order valence-electron chi connectivity index (χ3n) is 3.31. The number of nitrogens with two attached hydrogens (primary N) is 1. The van der Waals surface area contributed by atoms with E-state index in [1.165, 1.54) is 6.07 Å². The van der Waals surface area contributed by atoms with Crippen molar-refractivity contribution >= 4 is 11.6 Å². The average Bonchev–Trinajstić information content (AvgIpc) is 2.52. The predicted octanol–water partition coefficient (Wildman–Crippen LogP) is 0.953. The zero-order valence-corrected chi connectivity index (χ0v) is 10.5. The molecule has 1 aliphatic rings. The molecule has 1 fully saturated rings. The molecule has 18 heavy (non-hydrogen) atoms. The second-order valence-electron chi connectivity index (χ2n) is 4.53. The quantitative estimate of drug-likeness (QED) is 0.851. The number of hydrogen-bond donors (Lipinski definition) is 1. The van der Waals surface area contributed by atoms with Crippen LogP contribution in [0.3, 0.4) is 0 Å². The fraction of sp³-hybridized carbons (Fsp3) is 0.462. The lowest BCUT2D eigenvalue weighted by Crippen LogP contribution is -2.35. The first-order valence-electron chi connectivity index (χ1n) is 6.10. The summed E-state index contributed by atoms with van der Waals surface area (Å²) >= 11 is 0. The minimum absolute atomic E-state index is 0.0553. The number of hydrogen-bond acceptors (Lipinski definition) is 3. The van der Waals surface area contributed by atoms with Crippen LogP contribution in [0, 0.1) is 5.82 Å². The van der Waals surface area contributed by atoms with Crippen LogP contribution in [-0.4, -0.2) is 37.5 Å². The van der Waals surface area contributed by atoms with Gasteiger partial charge in [0.05, 0.1) is 6.54 Å². The summed E-state index contributed by atoms with van der Waals surface area (Å²) in [7, 11) is 1.79. The maximum Gasteiger partial charge on any atom is 0.241 e. The molecule has 0 spiro atoms. The number of amides is 1. The molecule has 0 unspecified atom stereocenters. The Morgan fingerprint density at radius 3 is 2.89 bits per heavy atom. The Morgan fingerprint density at radius 2 is 2.17 bits per heavy atom. The molecule has 2 rings (SSSR count). The molecule has 0 bridgehead atoms. The Balaban J connectivity index is 2.30. The summed E-state index contributed by atoms with van der Waals surface area (Å²) in [6.07, 6.45) is 0.878. The molecule has 1 saturated heterocycles. The Hall–Kier alpha value is -1.62. The molecule has 0 aliphatic carbocycles. The van der Waals surface area contributed by atoms with E-state index in [2.05, 4.69) is 0 Å². The average molecular weight is 251 g/mol. The summed E-state index contributed by atoms with van der Waals surface area (Å²) < 4.78 is 13.7. The lowest BCUT2D eigenvalue weighted by Gasteiger charge is -2.24. The Kier molecular flexibility index (Phi) is 3.81. The van der Waals surface area contributed by atoms with E-state index in [9.17, 15) is 9.18 Å². The zero-order valence-electron chi connectivity index (χ0n) is 10.5. The van der Waals surface area contributed by atoms with E-state index >= 15 is 0 Å². The number of likely N-dealkylation sites (N-methyl/N-ethyl adjacent to an activating group) is 1. The van der Waals surface area contributed by atoms with Gasteiger partial charge in [0.1, 0.15) is 5.82 Å². The van der Waals surface area contributed by atoms with Gasteiger partial charge in [0, 0.05) is 37.9 Å². The first-order valence-corrected chi connectivity index (χ1v) is 6.10. The van der Waals surface area contributed by atoms with Crippen LogP contribution in [0.1, 0.15) is 12.0 Å². The zero-order chi connectivity index (χ0) is 13.1. The third kappa shape index (κ3) is 2.46. The van der Waals surface area contributed by atoms with Crippen molar-refractivity contribution in [3.05, 3.63) is 29.6 Å². The molecular weight excluding hydrogens is 233 g/mol. The van der Waals surface area contributed by atoms with Crippen LogP contribution < -0.4 is 10.6 Å². The highest BCUT2D eigenvalue weighted by atomic mass is 19.1. The summed E-state index contributed by atoms with van der Waals surface area (Å²) in [5, 5.41) is 0. The van der Waals surface area contributed by atoms with Gasteiger partial charge in [0.25, 0.3) is 0 Å². The molecule has 1 heterocycles. The van der Waals surface area contributed by atoms with Gasteiger partial charge >= 0.3 is 0 Å². The molecular formula is C13H18FN3O. The normalized spacial score (nSPS) is 16.9. The van der Waals surface area contributed by atoms with Crippen molar-refractivity contribution in [2.45, 2.75) is 13.0 Å². The van der Waals surface area contributed by atoms with Crippen LogP contribution in [0.2, 0.25) is 0 Å². The number of carbonyl (C=O) groups is 1. The van der Waals surface area contributed by atoms with E-state index in [0.717, 1.165) is 25.2 Å². The molecule has 0 atom stereocenters. The molecule has 1 aromatic rings. The number of nitrogens with zero attached hydrogens (tertiary/aromatic N) is 2. The number of anilines is 1. The Bertz CT molecular complexity index is 450. The highest BCUT2D eigenvalue weighted by Crippen LogP contribution is 2.24. The standard InChI is InChI=1S/C13H18FN3O/c1-16-6-3-7-17(9-13(16)18)12-5-2-4-11(14)10(12)8-15/h2,4-5H,3,6-9,15H2,1H3. The van der Waals surface area contributed by atoms with Crippen LogP contribution in [-0.2, 0) is 11.3 Å². The van der Waals surface area contributed by atoms with Gasteiger partial charge in [-0.2, -0.15) is 0 Å². The van der Waals surface area contributed by atoms with E-state index in [4.69, 9.17) is 5.73 Å². The highest BCUT2D eigenvalue weighted by molar-refractivity contribution is 5.82. The smallest absolute Gasteiger partial charge is 0.241 e. The lowest BCUT2D eigenvalue weighted by molar-refractivity contribution is -0.127. The van der Waals surface area contributed by atoms with Gasteiger partial charge < -0.3 is 15.5 Å². The van der Waals surface area contributed by atoms with Gasteiger partial charge in [-0.1, -0.05) is 6.07 Å². The predicted molar refractivity (Wildman–Crippen MR) is 68.8 cm³/mol. The van der Waals surface area contributed by atoms with Gasteiger partial charge in [-0.15, -0.1) is 0 Å². The van der Waals surface area contributed by atoms with Crippen molar-refractivity contribution < 1.29 is 9.18 Å². The summed E-state index contributed by atoms with van der Waals surface area (Å²) in [6.45, 7) is 1.91. The second kappa shape index (κ2) is 5.35. The van der Waals surface area contributed by atoms with E-state index in [0.29, 0.717) is 5.56 Å². The molecule has 1 amide bonds. The summed E-state index contributed by atoms with van der Waals surface area (Å²) in [5.41, 5.74) is 6.82. The molecule has 5 heteroatoms. The van der Waals surface area contributed by atoms with Crippen LogP contribution in [0.15, 0.2) is 18.2 Å². The molecule has 0 aromatic heterocycles. The minimum atomic E-state index is -0.306. The van der Waals surface area contributed by atoms with Crippen LogP contribution in [0.5, 0.6) is 0 Å². The van der Waals surface area contributed by atoms with Crippen molar-refractivity contribution in [3.63, 3.8) is 0 Å². The fourth-order valence-electron chi connectivity index (χ4n) is 2.24. The van der Waals surface area contributed by atoms with E-state index in [-0.39, 0.29) is 24.8 Å². The van der Waals surface area contributed by atoms with Crippen LogP contribution in [0.4, 0.5) is 10.1 Å². The molecule has 1 aliphatic heterocycles. The monoisotopic (exact) mass is 251 g/mol. The Labute approximate surface area is 106 Å². The minimum Gasteiger partial charge on any atom is -0.362 e. The van der Waals surface area contributed by atoms with Crippen molar-refractivity contribution in [1.29, 1.82) is 0 Å². The maximum atomic E-state index is 13.7. The van der Waals surface area contributed by atoms with Gasteiger partial charge in [-0.05, 0) is 18.6 Å². The fourth-order valence-corrected chi connectivity index (χ4v) is 2.24. The third-order valence-corrected chi connectivity index (χ3v) is 3.31. The Morgan fingerprint density at radius 1 is 1.39 bits per heavy atom. The lowest BCUT2D eigenvalue weighted by atomic mass is 10.1. The summed E-state index contributed by atoms with van der Waals surface area (Å²) in [6, 6.07) is 4.88. The number of halogens is 1. The molecule has 1 aromatic carbocycles. The van der Waals surface area contributed by atoms with Gasteiger partial charge in [-0.25, -0.2) is 4.39 Å². The van der Waals surface area contributed by atoms with Gasteiger partial charge in [0.2, 0.25) is 5.91 Å². The van der Waals surface area contributed by atoms with E-state index in [1.54, 1.807) is 18.0 Å². The van der Waals surface area contributed by atoms with Crippen molar-refractivity contribution in [3.8, 4) is 0 Å². The number of carbonyl (C=O) groups excluding carboxylic acids is 1. The van der Waals surface area contributed by atoms with Gasteiger partial charge in [0.15, 0.2) is 0 Å². The first-order chi connectivity index (χ1) is 8.63. The summed E-state index contributed by atoms with van der Waals surface area (Å²) in [5.74, 6) is -0.250. The van der Waals surface area contributed by atoms with Crippen LogP contribution in [0.25, 0.3) is 0 Å². The number of rotatable bonds is 2. The SMILES string of the molecule is CN1CCCN(c2cccc(F)c2CN)CC1=O. The second-order valence-corrected chi connectivity index (χ2v) is 4.53. The molecule has 2 N–H and O–H groups in total. The molecule has 0 radical (unpaired) electrons. The van der Waals surface area contributed by atoms with Gasteiger partial charge in [-0.3, -0.25) is 4.79 Å². The van der Waals surface area contributed by atoms with E-state index in [1.807, 2.05) is 11.0 Å². The molecule has 98 valence electrons. The topological polar surface area (TPSA) is 49.6 Å². The van der Waals surface area contributed by atoms with Crippen molar-refractivity contribution in [1.82, 2.24) is 4.90 Å². The van der Waals surface area contributed by atoms with E-state index < -0.39 is 0 Å². The molecule has 0 saturated carbocycles. The maximum absolute atomic E-state index is 13.7. The number of benzene rings is 1. The largest absolute Gasteiger partial charge is 0.362 e. The van der Waals surface area contributed by atoms with Crippen molar-refractivity contribution in [2.75, 3.05) is 31.6 Å². The highest BCUT2D eigenvalue weighted by Gasteiger charge is 2.21. The first kappa shape index (κ1) is 12.8.